The molecule has 1 aliphatic rings. The maximum atomic E-state index is 12.7. The van der Waals surface area contributed by atoms with E-state index in [0.717, 1.165) is 17.1 Å². The maximum Gasteiger partial charge on any atom is 0.409 e. The van der Waals surface area contributed by atoms with Gasteiger partial charge in [0.1, 0.15) is 0 Å². The fraction of sp³-hybridized carbons (Fsp3) is 0.421. The molecule has 0 spiro atoms. The molecule has 7 heteroatoms. The molecule has 2 aromatic rings. The molecule has 138 valence electrons. The SMILES string of the molecule is CCOC(=O)N1CCN(C(=O)c2ccc(-n3nc(C)cc3C)cc2)CC1. The molecule has 0 N–H and O–H groups in total. The molecule has 0 aliphatic carbocycles. The van der Waals surface area contributed by atoms with Crippen LogP contribution in [0.2, 0.25) is 0 Å². The summed E-state index contributed by atoms with van der Waals surface area (Å²) in [5, 5.41) is 4.46. The quantitative estimate of drug-likeness (QED) is 0.847. The summed E-state index contributed by atoms with van der Waals surface area (Å²) in [6.07, 6.45) is -0.311. The van der Waals surface area contributed by atoms with Crippen LogP contribution in [0.5, 0.6) is 0 Å². The molecule has 1 aromatic carbocycles. The highest BCUT2D eigenvalue weighted by molar-refractivity contribution is 5.94. The number of rotatable bonds is 3. The van der Waals surface area contributed by atoms with Crippen molar-refractivity contribution in [2.45, 2.75) is 20.8 Å². The highest BCUT2D eigenvalue weighted by Crippen LogP contribution is 2.15. The molecular formula is C19H24N4O3. The zero-order valence-electron chi connectivity index (χ0n) is 15.4. The molecule has 1 aromatic heterocycles. The first-order valence-corrected chi connectivity index (χ1v) is 8.84. The molecular weight excluding hydrogens is 332 g/mol. The number of nitrogens with zero attached hydrogens (tertiary/aromatic N) is 4. The second-order valence-electron chi connectivity index (χ2n) is 6.36. The first-order valence-electron chi connectivity index (χ1n) is 8.84. The Morgan fingerprint density at radius 3 is 2.19 bits per heavy atom. The van der Waals surface area contributed by atoms with Gasteiger partial charge in [0.2, 0.25) is 0 Å². The molecule has 1 saturated heterocycles. The Morgan fingerprint density at radius 2 is 1.65 bits per heavy atom. The van der Waals surface area contributed by atoms with E-state index >= 15 is 0 Å². The lowest BCUT2D eigenvalue weighted by molar-refractivity contribution is 0.0570. The van der Waals surface area contributed by atoms with E-state index < -0.39 is 0 Å². The van der Waals surface area contributed by atoms with Gasteiger partial charge in [0, 0.05) is 37.4 Å². The third-order valence-corrected chi connectivity index (χ3v) is 4.46. The van der Waals surface area contributed by atoms with Gasteiger partial charge in [-0.1, -0.05) is 0 Å². The maximum absolute atomic E-state index is 12.7. The van der Waals surface area contributed by atoms with Crippen molar-refractivity contribution in [1.82, 2.24) is 19.6 Å². The van der Waals surface area contributed by atoms with Crippen molar-refractivity contribution >= 4 is 12.0 Å². The highest BCUT2D eigenvalue weighted by Gasteiger charge is 2.25. The fourth-order valence-corrected chi connectivity index (χ4v) is 3.12. The second kappa shape index (κ2) is 7.59. The minimum atomic E-state index is -0.311. The van der Waals surface area contributed by atoms with E-state index in [1.165, 1.54) is 0 Å². The number of aromatic nitrogens is 2. The van der Waals surface area contributed by atoms with Gasteiger partial charge in [0.15, 0.2) is 0 Å². The first-order chi connectivity index (χ1) is 12.5. The van der Waals surface area contributed by atoms with Gasteiger partial charge >= 0.3 is 6.09 Å². The zero-order valence-corrected chi connectivity index (χ0v) is 15.4. The Labute approximate surface area is 153 Å². The molecule has 1 aliphatic heterocycles. The number of aryl methyl sites for hydroxylation is 2. The summed E-state index contributed by atoms with van der Waals surface area (Å²) in [7, 11) is 0. The van der Waals surface area contributed by atoms with Crippen molar-refractivity contribution in [3.63, 3.8) is 0 Å². The van der Waals surface area contributed by atoms with Crippen LogP contribution in [0.3, 0.4) is 0 Å². The summed E-state index contributed by atoms with van der Waals surface area (Å²) >= 11 is 0. The zero-order chi connectivity index (χ0) is 18.7. The third kappa shape index (κ3) is 3.71. The van der Waals surface area contributed by atoms with Crippen LogP contribution < -0.4 is 0 Å². The number of amides is 2. The molecule has 0 saturated carbocycles. The fourth-order valence-electron chi connectivity index (χ4n) is 3.12. The van der Waals surface area contributed by atoms with E-state index in [1.807, 2.05) is 48.9 Å². The summed E-state index contributed by atoms with van der Waals surface area (Å²) in [5.41, 5.74) is 3.58. The highest BCUT2D eigenvalue weighted by atomic mass is 16.6. The average Bonchev–Trinajstić information content (AvgIpc) is 3.00. The summed E-state index contributed by atoms with van der Waals surface area (Å²) < 4.78 is 6.87. The lowest BCUT2D eigenvalue weighted by atomic mass is 10.1. The number of carbonyl (C=O) groups excluding carboxylic acids is 2. The largest absolute Gasteiger partial charge is 0.450 e. The van der Waals surface area contributed by atoms with E-state index in [-0.39, 0.29) is 12.0 Å². The molecule has 2 heterocycles. The molecule has 1 fully saturated rings. The van der Waals surface area contributed by atoms with Crippen molar-refractivity contribution in [3.05, 3.63) is 47.3 Å². The van der Waals surface area contributed by atoms with Gasteiger partial charge in [-0.25, -0.2) is 9.48 Å². The van der Waals surface area contributed by atoms with Gasteiger partial charge in [-0.2, -0.15) is 5.10 Å². The van der Waals surface area contributed by atoms with Crippen molar-refractivity contribution in [2.75, 3.05) is 32.8 Å². The van der Waals surface area contributed by atoms with Gasteiger partial charge in [0.05, 0.1) is 18.0 Å². The van der Waals surface area contributed by atoms with Crippen LogP contribution in [0.1, 0.15) is 28.7 Å². The number of carbonyl (C=O) groups is 2. The van der Waals surface area contributed by atoms with Gasteiger partial charge in [0.25, 0.3) is 5.91 Å². The van der Waals surface area contributed by atoms with E-state index in [4.69, 9.17) is 4.74 Å². The normalized spacial score (nSPS) is 14.4. The molecule has 7 nitrogen and oxygen atoms in total. The van der Waals surface area contributed by atoms with Crippen molar-refractivity contribution in [3.8, 4) is 5.69 Å². The Hall–Kier alpha value is -2.83. The minimum absolute atomic E-state index is 0.0200. The van der Waals surface area contributed by atoms with Crippen molar-refractivity contribution in [1.29, 1.82) is 0 Å². The van der Waals surface area contributed by atoms with Crippen LogP contribution in [0.4, 0.5) is 4.79 Å². The standard InChI is InChI=1S/C19H24N4O3/c1-4-26-19(25)22-11-9-21(10-12-22)18(24)16-5-7-17(8-6-16)23-15(3)13-14(2)20-23/h5-8,13H,4,9-12H2,1-3H3. The van der Waals surface area contributed by atoms with E-state index in [9.17, 15) is 9.59 Å². The van der Waals surface area contributed by atoms with Crippen LogP contribution in [0.15, 0.2) is 30.3 Å². The summed E-state index contributed by atoms with van der Waals surface area (Å²) in [5.74, 6) is -0.0200. The number of piperazine rings is 1. The van der Waals surface area contributed by atoms with Gasteiger partial charge in [-0.3, -0.25) is 4.79 Å². The van der Waals surface area contributed by atoms with Crippen LogP contribution in [-0.4, -0.2) is 64.4 Å². The van der Waals surface area contributed by atoms with Gasteiger partial charge in [-0.05, 0) is 51.1 Å². The Bertz CT molecular complexity index is 790. The number of benzene rings is 1. The van der Waals surface area contributed by atoms with E-state index in [2.05, 4.69) is 5.10 Å². The number of hydrogen-bond acceptors (Lipinski definition) is 4. The van der Waals surface area contributed by atoms with E-state index in [1.54, 1.807) is 16.7 Å². The summed E-state index contributed by atoms with van der Waals surface area (Å²) in [6.45, 7) is 8.11. The first kappa shape index (κ1) is 18.0. The van der Waals surface area contributed by atoms with Crippen LogP contribution in [-0.2, 0) is 4.74 Å². The molecule has 0 unspecified atom stereocenters. The topological polar surface area (TPSA) is 67.7 Å². The summed E-state index contributed by atoms with van der Waals surface area (Å²) in [6, 6.07) is 9.48. The van der Waals surface area contributed by atoms with Crippen LogP contribution in [0.25, 0.3) is 5.69 Å². The molecule has 0 radical (unpaired) electrons. The second-order valence-corrected chi connectivity index (χ2v) is 6.36. The molecule has 26 heavy (non-hydrogen) atoms. The minimum Gasteiger partial charge on any atom is -0.450 e. The van der Waals surface area contributed by atoms with Gasteiger partial charge < -0.3 is 14.5 Å². The van der Waals surface area contributed by atoms with Gasteiger partial charge in [-0.15, -0.1) is 0 Å². The number of ether oxygens (including phenoxy) is 1. The Balaban J connectivity index is 1.64. The monoisotopic (exact) mass is 356 g/mol. The van der Waals surface area contributed by atoms with Crippen molar-refractivity contribution < 1.29 is 14.3 Å². The lowest BCUT2D eigenvalue weighted by Gasteiger charge is -2.34. The molecule has 3 rings (SSSR count). The Kier molecular flexibility index (Phi) is 5.25. The molecule has 2 amide bonds. The average molecular weight is 356 g/mol. The third-order valence-electron chi connectivity index (χ3n) is 4.46. The smallest absolute Gasteiger partial charge is 0.409 e. The Morgan fingerprint density at radius 1 is 1.04 bits per heavy atom. The molecule has 0 atom stereocenters. The predicted molar refractivity (Wildman–Crippen MR) is 97.5 cm³/mol. The predicted octanol–water partition coefficient (Wildman–Crippen LogP) is 2.40. The summed E-state index contributed by atoms with van der Waals surface area (Å²) in [4.78, 5) is 27.8. The molecule has 0 bridgehead atoms. The van der Waals surface area contributed by atoms with Crippen molar-refractivity contribution in [2.24, 2.45) is 0 Å². The lowest BCUT2D eigenvalue weighted by Crippen LogP contribution is -2.50. The van der Waals surface area contributed by atoms with Crippen LogP contribution >= 0.6 is 0 Å². The van der Waals surface area contributed by atoms with Crippen LogP contribution in [0, 0.1) is 13.8 Å². The number of hydrogen-bond donors (Lipinski definition) is 0. The van der Waals surface area contributed by atoms with E-state index in [0.29, 0.717) is 38.3 Å².